The molecule has 5 rings (SSSR count). The van der Waals surface area contributed by atoms with Crippen molar-refractivity contribution < 1.29 is 48.7 Å². The molecule has 1 heterocycles. The summed E-state index contributed by atoms with van der Waals surface area (Å²) in [6.45, 7) is 1.33. The summed E-state index contributed by atoms with van der Waals surface area (Å²) in [6, 6.07) is 18.0. The molecular formula is C34H32O10. The zero-order chi connectivity index (χ0) is 31.8. The fourth-order valence-electron chi connectivity index (χ4n) is 6.31. The molecule has 0 fully saturated rings. The van der Waals surface area contributed by atoms with Crippen LogP contribution in [0.3, 0.4) is 0 Å². The van der Waals surface area contributed by atoms with E-state index >= 15 is 0 Å². The second-order valence-corrected chi connectivity index (χ2v) is 10.9. The van der Waals surface area contributed by atoms with E-state index < -0.39 is 75.1 Å². The predicted octanol–water partition coefficient (Wildman–Crippen LogP) is 3.81. The largest absolute Gasteiger partial charge is 0.504 e. The first kappa shape index (κ1) is 30.5. The average Bonchev–Trinajstić information content (AvgIpc) is 3.13. The number of ketones is 3. The molecule has 1 aliphatic carbocycles. The summed E-state index contributed by atoms with van der Waals surface area (Å²) in [5.41, 5.74) is -4.69. The first-order chi connectivity index (χ1) is 21.0. The Morgan fingerprint density at radius 3 is 1.98 bits per heavy atom. The summed E-state index contributed by atoms with van der Waals surface area (Å²) in [5.74, 6) is -6.93. The second kappa shape index (κ2) is 11.6. The van der Waals surface area contributed by atoms with Gasteiger partial charge in [0.25, 0.3) is 0 Å². The minimum absolute atomic E-state index is 0.149. The van der Waals surface area contributed by atoms with Gasteiger partial charge in [0.2, 0.25) is 11.4 Å². The Morgan fingerprint density at radius 2 is 1.43 bits per heavy atom. The second-order valence-electron chi connectivity index (χ2n) is 10.9. The molecule has 1 aliphatic heterocycles. The third-order valence-corrected chi connectivity index (χ3v) is 8.53. The molecule has 0 saturated carbocycles. The number of methoxy groups -OCH3 is 2. The Kier molecular flexibility index (Phi) is 8.05. The van der Waals surface area contributed by atoms with E-state index in [4.69, 9.17) is 14.2 Å². The molecule has 0 bridgehead atoms. The number of ether oxygens (including phenoxy) is 3. The molecule has 3 aromatic carbocycles. The Hall–Kier alpha value is -4.96. The quantitative estimate of drug-likeness (QED) is 0.103. The highest BCUT2D eigenvalue weighted by atomic mass is 16.6. The number of aromatic hydroxyl groups is 2. The lowest BCUT2D eigenvalue weighted by atomic mass is 9.64. The smallest absolute Gasteiger partial charge is 0.353 e. The van der Waals surface area contributed by atoms with Crippen molar-refractivity contribution in [3.63, 3.8) is 0 Å². The fourth-order valence-corrected chi connectivity index (χ4v) is 6.31. The number of carbonyl (C=O) groups is 4. The van der Waals surface area contributed by atoms with Gasteiger partial charge < -0.3 is 29.5 Å². The number of carbonyl (C=O) groups excluding carboxylic acids is 4. The topological polar surface area (TPSA) is 157 Å². The molecular weight excluding hydrogens is 568 g/mol. The molecule has 0 saturated heterocycles. The van der Waals surface area contributed by atoms with Crippen LogP contribution < -0.4 is 9.47 Å². The Bertz CT molecular complexity index is 1690. The van der Waals surface area contributed by atoms with Gasteiger partial charge in [0.1, 0.15) is 16.7 Å². The molecule has 0 unspecified atom stereocenters. The number of hydrogen-bond donors (Lipinski definition) is 3. The van der Waals surface area contributed by atoms with Crippen LogP contribution in [0.1, 0.15) is 46.8 Å². The molecule has 0 aromatic heterocycles. The Morgan fingerprint density at radius 1 is 0.864 bits per heavy atom. The molecule has 44 heavy (non-hydrogen) atoms. The number of allylic oxidation sites excluding steroid dienone is 1. The number of Topliss-reactive ketones (excluding diaryl/α,β-unsaturated/α-hetero) is 3. The third kappa shape index (κ3) is 4.53. The van der Waals surface area contributed by atoms with Crippen LogP contribution in [0, 0.1) is 5.41 Å². The van der Waals surface area contributed by atoms with E-state index in [9.17, 15) is 34.5 Å². The highest BCUT2D eigenvalue weighted by molar-refractivity contribution is 6.23. The summed E-state index contributed by atoms with van der Waals surface area (Å²) in [7, 11) is 2.31. The number of fused-ring (bicyclic) bond motifs is 2. The molecule has 0 spiro atoms. The zero-order valence-corrected chi connectivity index (χ0v) is 24.5. The summed E-state index contributed by atoms with van der Waals surface area (Å²) in [6.07, 6.45) is -0.651. The number of aryl methyl sites for hydroxylation is 2. The number of aliphatic hydroxyl groups is 1. The number of phenolic OH excluding ortho intramolecular Hbond substituents is 2. The van der Waals surface area contributed by atoms with Gasteiger partial charge in [-0.15, -0.1) is 0 Å². The van der Waals surface area contributed by atoms with Crippen LogP contribution in [0.25, 0.3) is 0 Å². The molecule has 228 valence electrons. The van der Waals surface area contributed by atoms with E-state index in [0.717, 1.165) is 25.3 Å². The molecule has 2 aliphatic rings. The van der Waals surface area contributed by atoms with Gasteiger partial charge in [-0.25, -0.2) is 4.79 Å². The van der Waals surface area contributed by atoms with Crippen molar-refractivity contribution >= 4 is 23.3 Å². The number of rotatable bonds is 10. The molecule has 10 nitrogen and oxygen atoms in total. The van der Waals surface area contributed by atoms with Crippen LogP contribution in [0.15, 0.2) is 72.0 Å². The van der Waals surface area contributed by atoms with Gasteiger partial charge in [-0.05, 0) is 30.9 Å². The first-order valence-corrected chi connectivity index (χ1v) is 14.1. The maximum Gasteiger partial charge on any atom is 0.353 e. The molecule has 10 heteroatoms. The van der Waals surface area contributed by atoms with Crippen LogP contribution in [-0.2, 0) is 38.4 Å². The van der Waals surface area contributed by atoms with Gasteiger partial charge >= 0.3 is 5.97 Å². The van der Waals surface area contributed by atoms with Gasteiger partial charge in [0, 0.05) is 30.4 Å². The minimum atomic E-state index is -2.92. The van der Waals surface area contributed by atoms with Crippen molar-refractivity contribution in [2.75, 3.05) is 14.2 Å². The lowest BCUT2D eigenvalue weighted by Gasteiger charge is -2.36. The number of phenols is 2. The zero-order valence-electron chi connectivity index (χ0n) is 24.5. The van der Waals surface area contributed by atoms with Crippen molar-refractivity contribution in [1.29, 1.82) is 0 Å². The molecule has 3 N–H and O–H groups in total. The van der Waals surface area contributed by atoms with Crippen LogP contribution in [0.4, 0.5) is 0 Å². The van der Waals surface area contributed by atoms with Crippen LogP contribution in [0.5, 0.6) is 23.0 Å². The van der Waals surface area contributed by atoms with Crippen molar-refractivity contribution in [3.05, 3.63) is 94.2 Å². The first-order valence-electron chi connectivity index (χ1n) is 14.1. The fraction of sp³-hybridized carbons (Fsp3) is 0.294. The highest BCUT2D eigenvalue weighted by Crippen LogP contribution is 2.58. The van der Waals surface area contributed by atoms with Crippen LogP contribution in [0.2, 0.25) is 0 Å². The van der Waals surface area contributed by atoms with E-state index in [1.54, 1.807) is 36.4 Å². The van der Waals surface area contributed by atoms with Crippen molar-refractivity contribution in [2.45, 2.75) is 44.6 Å². The minimum Gasteiger partial charge on any atom is -0.504 e. The molecule has 0 radical (unpaired) electrons. The summed E-state index contributed by atoms with van der Waals surface area (Å²) < 4.78 is 16.4. The third-order valence-electron chi connectivity index (χ3n) is 8.53. The maximum atomic E-state index is 14.2. The monoisotopic (exact) mass is 600 g/mol. The lowest BCUT2D eigenvalue weighted by molar-refractivity contribution is -0.174. The van der Waals surface area contributed by atoms with Crippen molar-refractivity contribution in [2.24, 2.45) is 5.41 Å². The lowest BCUT2D eigenvalue weighted by Crippen LogP contribution is -2.61. The van der Waals surface area contributed by atoms with Gasteiger partial charge in [0.05, 0.1) is 14.2 Å². The number of hydrogen-bond acceptors (Lipinski definition) is 10. The SMILES string of the molecule is COC1=C(C)C(=O)[C@]2(C(=O)CCc3ccccc3)Cc3c(OC)c(O)c(O)c(C(=O)CCc4ccccc4)c3OC(=O)[C@]12O. The highest BCUT2D eigenvalue weighted by Gasteiger charge is 2.74. The Balaban J connectivity index is 1.68. The molecule has 3 aromatic rings. The van der Waals surface area contributed by atoms with E-state index in [2.05, 4.69) is 0 Å². The summed E-state index contributed by atoms with van der Waals surface area (Å²) in [4.78, 5) is 55.9. The predicted molar refractivity (Wildman–Crippen MR) is 157 cm³/mol. The average molecular weight is 601 g/mol. The van der Waals surface area contributed by atoms with E-state index in [1.807, 2.05) is 24.3 Å². The van der Waals surface area contributed by atoms with Gasteiger partial charge in [-0.2, -0.15) is 0 Å². The molecule has 2 atom stereocenters. The molecule has 0 amide bonds. The summed E-state index contributed by atoms with van der Waals surface area (Å²) >= 11 is 0. The summed E-state index contributed by atoms with van der Waals surface area (Å²) in [5, 5.41) is 34.2. The normalized spacial score (nSPS) is 20.8. The van der Waals surface area contributed by atoms with E-state index in [-0.39, 0.29) is 36.8 Å². The maximum absolute atomic E-state index is 14.2. The van der Waals surface area contributed by atoms with Crippen LogP contribution >= 0.6 is 0 Å². The number of benzene rings is 3. The van der Waals surface area contributed by atoms with Crippen molar-refractivity contribution in [3.8, 4) is 23.0 Å². The van der Waals surface area contributed by atoms with E-state index in [1.165, 1.54) is 6.92 Å². The van der Waals surface area contributed by atoms with Crippen LogP contribution in [-0.4, -0.2) is 58.5 Å². The van der Waals surface area contributed by atoms with E-state index in [0.29, 0.717) is 0 Å². The van der Waals surface area contributed by atoms with Crippen molar-refractivity contribution in [1.82, 2.24) is 0 Å². The van der Waals surface area contributed by atoms with Gasteiger partial charge in [-0.3, -0.25) is 14.4 Å². The van der Waals surface area contributed by atoms with Gasteiger partial charge in [0.15, 0.2) is 34.6 Å². The standard InChI is InChI=1S/C34H32O10/c1-19-30(39)33(24(36)17-15-21-12-8-5-9-13-21)18-22-28(44-32(40)34(33,41)31(19)43-3)25(26(37)27(38)29(22)42-2)23(35)16-14-20-10-6-4-7-11-20/h4-13,37-38,41H,14-18H2,1-3H3/t33-,34-/m1/s1. The number of esters is 1. The van der Waals surface area contributed by atoms with Gasteiger partial charge in [-0.1, -0.05) is 60.7 Å². The Labute approximate surface area is 253 Å².